The van der Waals surface area contributed by atoms with Crippen LogP contribution in [0.25, 0.3) is 0 Å². The first-order valence-electron chi connectivity index (χ1n) is 7.02. The summed E-state index contributed by atoms with van der Waals surface area (Å²) in [7, 11) is 1.49. The van der Waals surface area contributed by atoms with Crippen molar-refractivity contribution in [3.05, 3.63) is 16.7 Å². The van der Waals surface area contributed by atoms with E-state index in [1.54, 1.807) is 0 Å². The Kier molecular flexibility index (Phi) is 5.25. The lowest BCUT2D eigenvalue weighted by Crippen LogP contribution is -2.55. The minimum absolute atomic E-state index is 0.150. The lowest BCUT2D eigenvalue weighted by molar-refractivity contribution is 0.0100. The number of H-pyrrole nitrogens is 1. The third kappa shape index (κ3) is 3.50. The van der Waals surface area contributed by atoms with E-state index in [4.69, 9.17) is 21.4 Å². The zero-order chi connectivity index (χ0) is 16.3. The second-order valence-corrected chi connectivity index (χ2v) is 5.44. The van der Waals surface area contributed by atoms with Crippen molar-refractivity contribution >= 4 is 23.6 Å². The Morgan fingerprint density at radius 3 is 2.86 bits per heavy atom. The number of rotatable bonds is 4. The predicted octanol–water partition coefficient (Wildman–Crippen LogP) is 1.12. The summed E-state index contributed by atoms with van der Waals surface area (Å²) in [5.74, 6) is -0.227. The second-order valence-electron chi connectivity index (χ2n) is 5.08. The number of hydrogen-bond donors (Lipinski definition) is 3. The molecule has 1 saturated heterocycles. The zero-order valence-corrected chi connectivity index (χ0v) is 13.2. The van der Waals surface area contributed by atoms with Gasteiger partial charge in [0.05, 0.1) is 24.4 Å². The number of methoxy groups -OCH3 is 1. The van der Waals surface area contributed by atoms with Crippen molar-refractivity contribution in [3.63, 3.8) is 0 Å². The molecule has 22 heavy (non-hydrogen) atoms. The fraction of sp³-hybridized carbons (Fsp3) is 0.615. The number of likely N-dealkylation sites (tertiary alicyclic amines) is 1. The third-order valence-electron chi connectivity index (χ3n) is 3.75. The maximum atomic E-state index is 12.2. The Hall–Kier alpha value is -1.80. The molecule has 0 bridgehead atoms. The number of aromatic amines is 1. The molecule has 1 aliphatic rings. The fourth-order valence-corrected chi connectivity index (χ4v) is 2.73. The van der Waals surface area contributed by atoms with Crippen molar-refractivity contribution in [2.75, 3.05) is 20.2 Å². The van der Waals surface area contributed by atoms with Gasteiger partial charge in [0.1, 0.15) is 0 Å². The molecule has 0 aromatic carbocycles. The van der Waals surface area contributed by atoms with Crippen LogP contribution in [0, 0.1) is 0 Å². The van der Waals surface area contributed by atoms with Crippen LogP contribution in [0.4, 0.5) is 4.79 Å². The number of halogens is 1. The highest BCUT2D eigenvalue weighted by molar-refractivity contribution is 6.30. The van der Waals surface area contributed by atoms with Gasteiger partial charge in [0.25, 0.3) is 5.91 Å². The second kappa shape index (κ2) is 6.97. The van der Waals surface area contributed by atoms with Crippen LogP contribution in [-0.4, -0.2) is 64.3 Å². The van der Waals surface area contributed by atoms with Crippen molar-refractivity contribution in [3.8, 4) is 0 Å². The molecule has 2 amide bonds. The Morgan fingerprint density at radius 2 is 2.32 bits per heavy atom. The van der Waals surface area contributed by atoms with Gasteiger partial charge in [-0.15, -0.1) is 0 Å². The number of aryl methyl sites for hydroxylation is 1. The Bertz CT molecular complexity index is 562. The maximum absolute atomic E-state index is 12.2. The summed E-state index contributed by atoms with van der Waals surface area (Å²) in [5.41, 5.74) is 0.704. The minimum atomic E-state index is -0.989. The molecular weight excluding hydrogens is 312 g/mol. The number of nitrogens with one attached hydrogen (secondary N) is 2. The monoisotopic (exact) mass is 330 g/mol. The van der Waals surface area contributed by atoms with E-state index in [0.717, 1.165) is 0 Å². The molecule has 1 fully saturated rings. The van der Waals surface area contributed by atoms with Gasteiger partial charge >= 0.3 is 6.09 Å². The highest BCUT2D eigenvalue weighted by Crippen LogP contribution is 2.16. The zero-order valence-electron chi connectivity index (χ0n) is 12.4. The molecule has 2 heterocycles. The minimum Gasteiger partial charge on any atom is -0.465 e. The van der Waals surface area contributed by atoms with E-state index < -0.39 is 12.2 Å². The van der Waals surface area contributed by atoms with Gasteiger partial charge in [-0.3, -0.25) is 4.79 Å². The molecule has 0 aliphatic carbocycles. The molecule has 1 aliphatic heterocycles. The number of carbonyl (C=O) groups excluding carboxylic acids is 1. The van der Waals surface area contributed by atoms with E-state index in [0.29, 0.717) is 25.1 Å². The first-order valence-corrected chi connectivity index (χ1v) is 7.40. The first kappa shape index (κ1) is 16.6. The highest BCUT2D eigenvalue weighted by atomic mass is 35.5. The van der Waals surface area contributed by atoms with Crippen LogP contribution in [-0.2, 0) is 11.2 Å². The summed E-state index contributed by atoms with van der Waals surface area (Å²) in [6, 6.07) is -0.276. The molecule has 2 rings (SSSR count). The number of carboxylic acid groups (broad SMARTS) is 1. The van der Waals surface area contributed by atoms with Crippen molar-refractivity contribution in [1.29, 1.82) is 0 Å². The normalized spacial score (nSPS) is 21.7. The predicted molar refractivity (Wildman–Crippen MR) is 79.2 cm³/mol. The lowest BCUT2D eigenvalue weighted by atomic mass is 10.0. The average molecular weight is 331 g/mol. The number of carbonyl (C=O) groups is 2. The molecule has 2 atom stereocenters. The number of nitrogens with zero attached hydrogens (tertiary/aromatic N) is 2. The maximum Gasteiger partial charge on any atom is 0.407 e. The number of imidazole rings is 1. The van der Waals surface area contributed by atoms with Crippen LogP contribution in [0.1, 0.15) is 29.7 Å². The molecule has 1 aromatic rings. The summed E-state index contributed by atoms with van der Waals surface area (Å²) < 4.78 is 5.29. The van der Waals surface area contributed by atoms with E-state index in [1.807, 2.05) is 6.92 Å². The summed E-state index contributed by atoms with van der Waals surface area (Å²) in [6.07, 6.45) is -0.260. The van der Waals surface area contributed by atoms with Crippen LogP contribution in [0.15, 0.2) is 0 Å². The van der Waals surface area contributed by atoms with Crippen LogP contribution >= 0.6 is 11.6 Å². The molecule has 3 N–H and O–H groups in total. The molecule has 9 heteroatoms. The van der Waals surface area contributed by atoms with E-state index in [2.05, 4.69) is 15.3 Å². The van der Waals surface area contributed by atoms with Crippen LogP contribution in [0.3, 0.4) is 0 Å². The van der Waals surface area contributed by atoms with Crippen molar-refractivity contribution < 1.29 is 19.4 Å². The Balaban J connectivity index is 2.02. The lowest BCUT2D eigenvalue weighted by Gasteiger charge is -2.36. The quantitative estimate of drug-likeness (QED) is 0.767. The van der Waals surface area contributed by atoms with Gasteiger partial charge in [-0.2, -0.15) is 0 Å². The van der Waals surface area contributed by atoms with Crippen molar-refractivity contribution in [2.45, 2.75) is 31.9 Å². The Morgan fingerprint density at radius 1 is 1.59 bits per heavy atom. The van der Waals surface area contributed by atoms with E-state index >= 15 is 0 Å². The van der Waals surface area contributed by atoms with Crippen LogP contribution in [0.2, 0.25) is 5.15 Å². The number of piperidine rings is 1. The van der Waals surface area contributed by atoms with Crippen molar-refractivity contribution in [2.24, 2.45) is 0 Å². The van der Waals surface area contributed by atoms with Gasteiger partial charge in [-0.1, -0.05) is 18.5 Å². The van der Waals surface area contributed by atoms with Gasteiger partial charge < -0.3 is 25.0 Å². The molecule has 0 saturated carbocycles. The molecule has 2 unspecified atom stereocenters. The van der Waals surface area contributed by atoms with E-state index in [1.165, 1.54) is 12.0 Å². The standard InChI is InChI=1S/C13H19ClN4O4/c1-3-7-10(14)17-11(15-7)12(19)16-8-4-5-18(13(20)21)6-9(8)22-2/h8-9H,3-6H2,1-2H3,(H,15,17)(H,16,19)(H,20,21). The van der Waals surface area contributed by atoms with Gasteiger partial charge in [-0.25, -0.2) is 9.78 Å². The van der Waals surface area contributed by atoms with Crippen LogP contribution < -0.4 is 5.32 Å². The first-order chi connectivity index (χ1) is 10.5. The summed E-state index contributed by atoms with van der Waals surface area (Å²) >= 11 is 5.92. The molecule has 0 spiro atoms. The third-order valence-corrected chi connectivity index (χ3v) is 4.06. The average Bonchev–Trinajstić information content (AvgIpc) is 2.88. The van der Waals surface area contributed by atoms with E-state index in [9.17, 15) is 9.59 Å². The summed E-state index contributed by atoms with van der Waals surface area (Å²) in [4.78, 5) is 31.4. The van der Waals surface area contributed by atoms with Crippen molar-refractivity contribution in [1.82, 2.24) is 20.2 Å². The molecule has 122 valence electrons. The smallest absolute Gasteiger partial charge is 0.407 e. The number of hydrogen-bond acceptors (Lipinski definition) is 4. The number of aromatic nitrogens is 2. The summed E-state index contributed by atoms with van der Waals surface area (Å²) in [6.45, 7) is 2.47. The van der Waals surface area contributed by atoms with Gasteiger partial charge in [0.15, 0.2) is 11.0 Å². The SMILES string of the molecule is CCc1[nH]c(C(=O)NC2CCN(C(=O)O)CC2OC)nc1Cl. The van der Waals surface area contributed by atoms with Gasteiger partial charge in [0.2, 0.25) is 0 Å². The van der Waals surface area contributed by atoms with Crippen LogP contribution in [0.5, 0.6) is 0 Å². The van der Waals surface area contributed by atoms with Gasteiger partial charge in [0, 0.05) is 13.7 Å². The van der Waals surface area contributed by atoms with E-state index in [-0.39, 0.29) is 29.5 Å². The van der Waals surface area contributed by atoms with Gasteiger partial charge in [-0.05, 0) is 12.8 Å². The topological polar surface area (TPSA) is 108 Å². The molecule has 0 radical (unpaired) electrons. The molecular formula is C13H19ClN4O4. The summed E-state index contributed by atoms with van der Waals surface area (Å²) in [5, 5.41) is 12.1. The highest BCUT2D eigenvalue weighted by Gasteiger charge is 2.33. The molecule has 1 aromatic heterocycles. The number of amides is 2. The largest absolute Gasteiger partial charge is 0.465 e. The number of ether oxygens (including phenoxy) is 1. The fourth-order valence-electron chi connectivity index (χ4n) is 2.46. The molecule has 8 nitrogen and oxygen atoms in total. The Labute approximate surface area is 132 Å².